The van der Waals surface area contributed by atoms with Crippen molar-refractivity contribution in [3.8, 4) is 16.9 Å². The van der Waals surface area contributed by atoms with Crippen molar-refractivity contribution in [2.45, 2.75) is 39.2 Å². The minimum absolute atomic E-state index is 0.223. The summed E-state index contributed by atoms with van der Waals surface area (Å²) in [4.78, 5) is 45.2. The van der Waals surface area contributed by atoms with Gasteiger partial charge in [-0.15, -0.1) is 11.3 Å². The Morgan fingerprint density at radius 3 is 2.52 bits per heavy atom. The maximum absolute atomic E-state index is 13.4. The lowest BCUT2D eigenvalue weighted by molar-refractivity contribution is 0.0183. The second-order valence-corrected chi connectivity index (χ2v) is 13.9. The number of fused-ring (bicyclic) bond motifs is 2. The monoisotopic (exact) mass is 668 g/mol. The molecule has 2 aromatic carbocycles. The topological polar surface area (TPSA) is 141 Å². The van der Waals surface area contributed by atoms with E-state index >= 15 is 0 Å². The van der Waals surface area contributed by atoms with Crippen molar-refractivity contribution in [1.29, 1.82) is 0 Å². The van der Waals surface area contributed by atoms with Crippen molar-refractivity contribution < 1.29 is 23.9 Å². The summed E-state index contributed by atoms with van der Waals surface area (Å²) < 4.78 is 13.8. The maximum Gasteiger partial charge on any atom is 0.410 e. The van der Waals surface area contributed by atoms with E-state index in [2.05, 4.69) is 15.6 Å². The van der Waals surface area contributed by atoms with Crippen molar-refractivity contribution in [3.05, 3.63) is 71.4 Å². The van der Waals surface area contributed by atoms with Crippen LogP contribution in [-0.4, -0.2) is 64.7 Å². The third kappa shape index (κ3) is 6.66. The Hall–Kier alpha value is -5.10. The Morgan fingerprint density at radius 2 is 1.81 bits per heavy atom. The normalized spacial score (nSPS) is 13.9. The number of aromatic nitrogens is 2. The number of methoxy groups -OCH3 is 1. The highest BCUT2D eigenvalue weighted by Gasteiger charge is 2.28. The number of nitrogens with zero attached hydrogens (tertiary/aromatic N) is 3. The summed E-state index contributed by atoms with van der Waals surface area (Å²) in [5, 5.41) is 9.68. The fourth-order valence-corrected chi connectivity index (χ4v) is 7.17. The van der Waals surface area contributed by atoms with Gasteiger partial charge < -0.3 is 35.3 Å². The van der Waals surface area contributed by atoms with E-state index < -0.39 is 5.60 Å². The molecule has 4 N–H and O–H groups in total. The molecule has 48 heavy (non-hydrogen) atoms. The van der Waals surface area contributed by atoms with E-state index in [4.69, 9.17) is 15.2 Å². The number of amides is 3. The molecule has 1 aliphatic heterocycles. The number of aryl methyl sites for hydroxylation is 1. The molecule has 4 heterocycles. The van der Waals surface area contributed by atoms with Crippen LogP contribution in [0.3, 0.4) is 0 Å². The van der Waals surface area contributed by atoms with Crippen LogP contribution in [-0.2, 0) is 11.8 Å². The summed E-state index contributed by atoms with van der Waals surface area (Å²) in [6, 6.07) is 15.2. The number of piperidine rings is 1. The molecule has 12 heteroatoms. The number of hydrogen-bond acceptors (Lipinski definition) is 8. The van der Waals surface area contributed by atoms with Crippen LogP contribution in [0, 0.1) is 5.92 Å². The standard InChI is InChI=1S/C36H40N6O5S/c1-36(2,3)47-35(45)42-14-12-21(13-15-42)18-39-33(43)24-19-38-32(37)30-25(20-48-31(24)30)22-10-11-26(29(17-22)46-5)40-34(44)28-16-23-8-6-7-9-27(23)41(28)4/h6-11,16-17,19-21H,12-15,18H2,1-5H3,(H2,37,38)(H,39,43)(H,40,44). The molecular weight excluding hydrogens is 628 g/mol. The summed E-state index contributed by atoms with van der Waals surface area (Å²) in [6.07, 6.45) is 2.77. The number of nitrogens with two attached hydrogens (primary N) is 1. The number of anilines is 2. The highest BCUT2D eigenvalue weighted by Crippen LogP contribution is 2.41. The van der Waals surface area contributed by atoms with Crippen LogP contribution in [0.15, 0.2) is 60.1 Å². The first-order chi connectivity index (χ1) is 22.9. The van der Waals surface area contributed by atoms with Crippen LogP contribution in [0.5, 0.6) is 5.75 Å². The number of para-hydroxylation sites is 1. The molecule has 5 aromatic rings. The number of carbonyl (C=O) groups is 3. The highest BCUT2D eigenvalue weighted by molar-refractivity contribution is 7.18. The van der Waals surface area contributed by atoms with E-state index in [1.165, 1.54) is 17.5 Å². The van der Waals surface area contributed by atoms with E-state index in [9.17, 15) is 14.4 Å². The van der Waals surface area contributed by atoms with Crippen LogP contribution in [0.25, 0.3) is 32.1 Å². The summed E-state index contributed by atoms with van der Waals surface area (Å²) >= 11 is 1.42. The Balaban J connectivity index is 1.16. The minimum Gasteiger partial charge on any atom is -0.495 e. The second-order valence-electron chi connectivity index (χ2n) is 13.0. The van der Waals surface area contributed by atoms with Gasteiger partial charge in [-0.05, 0) is 74.7 Å². The summed E-state index contributed by atoms with van der Waals surface area (Å²) in [5.74, 6) is 0.574. The molecule has 11 nitrogen and oxygen atoms in total. The first kappa shape index (κ1) is 32.8. The lowest BCUT2D eigenvalue weighted by atomic mass is 9.97. The predicted molar refractivity (Wildman–Crippen MR) is 190 cm³/mol. The molecule has 6 rings (SSSR count). The molecule has 1 aliphatic rings. The number of nitrogens with one attached hydrogen (secondary N) is 2. The molecule has 1 fully saturated rings. The smallest absolute Gasteiger partial charge is 0.410 e. The second kappa shape index (κ2) is 13.2. The zero-order chi connectivity index (χ0) is 34.2. The van der Waals surface area contributed by atoms with Crippen LogP contribution < -0.4 is 21.1 Å². The number of hydrogen-bond donors (Lipinski definition) is 3. The quantitative estimate of drug-likeness (QED) is 0.176. The zero-order valence-electron chi connectivity index (χ0n) is 27.8. The Kier molecular flexibility index (Phi) is 9.02. The van der Waals surface area contributed by atoms with Crippen molar-refractivity contribution in [2.75, 3.05) is 37.8 Å². The molecule has 3 aromatic heterocycles. The van der Waals surface area contributed by atoms with Crippen LogP contribution in [0.1, 0.15) is 54.5 Å². The van der Waals surface area contributed by atoms with Gasteiger partial charge in [0.25, 0.3) is 11.8 Å². The minimum atomic E-state index is -0.534. The average molecular weight is 669 g/mol. The van der Waals surface area contributed by atoms with Crippen molar-refractivity contribution in [1.82, 2.24) is 19.8 Å². The van der Waals surface area contributed by atoms with Gasteiger partial charge in [0.05, 0.1) is 23.1 Å². The average Bonchev–Trinajstić information content (AvgIpc) is 3.66. The van der Waals surface area contributed by atoms with Crippen LogP contribution >= 0.6 is 11.3 Å². The molecule has 0 radical (unpaired) electrons. The Labute approximate surface area is 283 Å². The third-order valence-electron chi connectivity index (χ3n) is 8.63. The van der Waals surface area contributed by atoms with E-state index in [-0.39, 0.29) is 23.8 Å². The molecule has 0 aliphatic carbocycles. The van der Waals surface area contributed by atoms with E-state index in [0.717, 1.165) is 39.6 Å². The Bertz CT molecular complexity index is 2020. The lowest BCUT2D eigenvalue weighted by Crippen LogP contribution is -2.43. The molecule has 0 spiro atoms. The van der Waals surface area contributed by atoms with Crippen LogP contribution in [0.4, 0.5) is 16.3 Å². The lowest BCUT2D eigenvalue weighted by Gasteiger charge is -2.33. The predicted octanol–water partition coefficient (Wildman–Crippen LogP) is 6.68. The number of likely N-dealkylation sites (tertiary alicyclic amines) is 1. The summed E-state index contributed by atoms with van der Waals surface area (Å²) in [7, 11) is 3.42. The van der Waals surface area contributed by atoms with Crippen molar-refractivity contribution >= 4 is 61.7 Å². The number of thiophene rings is 1. The van der Waals surface area contributed by atoms with Gasteiger partial charge >= 0.3 is 6.09 Å². The fourth-order valence-electron chi connectivity index (χ4n) is 6.08. The van der Waals surface area contributed by atoms with Crippen molar-refractivity contribution in [2.24, 2.45) is 13.0 Å². The first-order valence-corrected chi connectivity index (χ1v) is 16.8. The molecule has 0 bridgehead atoms. The number of ether oxygens (including phenoxy) is 2. The van der Waals surface area contributed by atoms with Crippen LogP contribution in [0.2, 0.25) is 0 Å². The number of rotatable bonds is 7. The molecular formula is C36H40N6O5S. The molecule has 250 valence electrons. The number of pyridine rings is 1. The van der Waals surface area contributed by atoms with Gasteiger partial charge in [-0.25, -0.2) is 9.78 Å². The molecule has 0 unspecified atom stereocenters. The van der Waals surface area contributed by atoms with E-state index in [1.54, 1.807) is 18.1 Å². The zero-order valence-corrected chi connectivity index (χ0v) is 28.6. The van der Waals surface area contributed by atoms with Gasteiger partial charge in [0.15, 0.2) is 0 Å². The molecule has 1 saturated heterocycles. The largest absolute Gasteiger partial charge is 0.495 e. The van der Waals surface area contributed by atoms with Gasteiger partial charge in [0.2, 0.25) is 0 Å². The number of benzene rings is 2. The van der Waals surface area contributed by atoms with Gasteiger partial charge in [-0.3, -0.25) is 9.59 Å². The maximum atomic E-state index is 13.4. The third-order valence-corrected chi connectivity index (χ3v) is 9.65. The van der Waals surface area contributed by atoms with E-state index in [1.807, 2.05) is 80.2 Å². The fraction of sp³-hybridized carbons (Fsp3) is 0.333. The van der Waals surface area contributed by atoms with Gasteiger partial charge in [-0.1, -0.05) is 24.3 Å². The van der Waals surface area contributed by atoms with Gasteiger partial charge in [0, 0.05) is 54.7 Å². The molecule has 0 saturated carbocycles. The molecule has 3 amide bonds. The highest BCUT2D eigenvalue weighted by atomic mass is 32.1. The first-order valence-electron chi connectivity index (χ1n) is 15.9. The van der Waals surface area contributed by atoms with Gasteiger partial charge in [-0.2, -0.15) is 0 Å². The summed E-state index contributed by atoms with van der Waals surface area (Å²) in [5.41, 5.74) is 9.95. The van der Waals surface area contributed by atoms with Crippen molar-refractivity contribution in [3.63, 3.8) is 0 Å². The van der Waals surface area contributed by atoms with Gasteiger partial charge in [0.1, 0.15) is 22.9 Å². The van der Waals surface area contributed by atoms with E-state index in [0.29, 0.717) is 53.5 Å². The number of carbonyl (C=O) groups excluding carboxylic acids is 3. The Morgan fingerprint density at radius 1 is 1.06 bits per heavy atom. The molecule has 0 atom stereocenters. The SMILES string of the molecule is COc1cc(-c2csc3c(C(=O)NCC4CCN(C(=O)OC(C)(C)C)CC4)cnc(N)c23)ccc1NC(=O)c1cc2ccccc2n1C. The summed E-state index contributed by atoms with van der Waals surface area (Å²) in [6.45, 7) is 7.24. The number of nitrogen functional groups attached to an aromatic ring is 1.